The first-order valence-electron chi connectivity index (χ1n) is 13.8. The van der Waals surface area contributed by atoms with Gasteiger partial charge in [-0.15, -0.1) is 0 Å². The van der Waals surface area contributed by atoms with Crippen molar-refractivity contribution in [2.75, 3.05) is 33.3 Å². The van der Waals surface area contributed by atoms with Gasteiger partial charge < -0.3 is 24.2 Å². The zero-order valence-corrected chi connectivity index (χ0v) is 23.8. The van der Waals surface area contributed by atoms with Crippen molar-refractivity contribution < 1.29 is 23.9 Å². The van der Waals surface area contributed by atoms with Gasteiger partial charge in [-0.1, -0.05) is 45.0 Å². The number of rotatable bonds is 4. The largest absolute Gasteiger partial charge is 0.491 e. The summed E-state index contributed by atoms with van der Waals surface area (Å²) in [6, 6.07) is 15.9. The normalized spacial score (nSPS) is 22.5. The molecule has 0 saturated carbocycles. The van der Waals surface area contributed by atoms with E-state index in [1.165, 1.54) is 6.92 Å². The monoisotopic (exact) mass is 535 g/mol. The van der Waals surface area contributed by atoms with Gasteiger partial charge >= 0.3 is 0 Å². The summed E-state index contributed by atoms with van der Waals surface area (Å²) in [6.07, 6.45) is 1.45. The fraction of sp³-hybridized carbons (Fsp3) is 0.516. The van der Waals surface area contributed by atoms with Gasteiger partial charge in [-0.05, 0) is 48.6 Å². The molecule has 3 atom stereocenters. The molecule has 0 N–H and O–H groups in total. The highest BCUT2D eigenvalue weighted by molar-refractivity contribution is 5.94. The molecule has 39 heavy (non-hydrogen) atoms. The number of benzene rings is 2. The van der Waals surface area contributed by atoms with Crippen LogP contribution in [0.2, 0.25) is 0 Å². The van der Waals surface area contributed by atoms with Gasteiger partial charge in [-0.2, -0.15) is 0 Å². The lowest BCUT2D eigenvalue weighted by Gasteiger charge is -2.38. The van der Waals surface area contributed by atoms with Crippen LogP contribution in [0, 0.1) is 5.41 Å². The number of ether oxygens (including phenoxy) is 2. The van der Waals surface area contributed by atoms with Crippen molar-refractivity contribution in [3.8, 4) is 11.5 Å². The van der Waals surface area contributed by atoms with Crippen molar-refractivity contribution in [3.63, 3.8) is 0 Å². The lowest BCUT2D eigenvalue weighted by atomic mass is 9.94. The minimum absolute atomic E-state index is 0.0954. The van der Waals surface area contributed by atoms with Gasteiger partial charge in [0.15, 0.2) is 0 Å². The third-order valence-electron chi connectivity index (χ3n) is 7.26. The number of hydrogen-bond donors (Lipinski definition) is 0. The molecule has 3 amide bonds. The summed E-state index contributed by atoms with van der Waals surface area (Å²) in [5.41, 5.74) is 0.374. The number of hydrogen-bond acceptors (Lipinski definition) is 5. The van der Waals surface area contributed by atoms with E-state index in [0.29, 0.717) is 50.2 Å². The van der Waals surface area contributed by atoms with Crippen LogP contribution in [-0.4, -0.2) is 83.9 Å². The average Bonchev–Trinajstić information content (AvgIpc) is 3.30. The van der Waals surface area contributed by atoms with Gasteiger partial charge in [0.05, 0.1) is 12.6 Å². The van der Waals surface area contributed by atoms with Gasteiger partial charge in [0.1, 0.15) is 30.3 Å². The van der Waals surface area contributed by atoms with Crippen molar-refractivity contribution in [2.24, 2.45) is 5.41 Å². The predicted octanol–water partition coefficient (Wildman–Crippen LogP) is 4.24. The molecule has 8 heteroatoms. The lowest BCUT2D eigenvalue weighted by molar-refractivity contribution is -0.147. The van der Waals surface area contributed by atoms with E-state index in [4.69, 9.17) is 9.47 Å². The maximum absolute atomic E-state index is 14.3. The smallest absolute Gasteiger partial charge is 0.253 e. The van der Waals surface area contributed by atoms with Gasteiger partial charge in [0.25, 0.3) is 5.91 Å². The Hall–Kier alpha value is -3.55. The third kappa shape index (κ3) is 7.31. The number of nitrogens with zero attached hydrogens (tertiary/aromatic N) is 3. The van der Waals surface area contributed by atoms with E-state index in [2.05, 4.69) is 20.8 Å². The van der Waals surface area contributed by atoms with Crippen LogP contribution in [0.5, 0.6) is 11.5 Å². The van der Waals surface area contributed by atoms with Crippen molar-refractivity contribution >= 4 is 17.7 Å². The van der Waals surface area contributed by atoms with Crippen LogP contribution in [0.3, 0.4) is 0 Å². The van der Waals surface area contributed by atoms with Crippen LogP contribution in [-0.2, 0) is 9.59 Å². The first-order valence-corrected chi connectivity index (χ1v) is 13.8. The van der Waals surface area contributed by atoms with Gasteiger partial charge in [-0.25, -0.2) is 0 Å². The summed E-state index contributed by atoms with van der Waals surface area (Å²) in [4.78, 5) is 45.5. The summed E-state index contributed by atoms with van der Waals surface area (Å²) in [5, 5.41) is 0. The van der Waals surface area contributed by atoms with Crippen molar-refractivity contribution in [1.82, 2.24) is 14.7 Å². The number of carbonyl (C=O) groups is 3. The van der Waals surface area contributed by atoms with Gasteiger partial charge in [-0.3, -0.25) is 14.4 Å². The second kappa shape index (κ2) is 12.1. The Morgan fingerprint density at radius 3 is 2.54 bits per heavy atom. The van der Waals surface area contributed by atoms with E-state index in [0.717, 1.165) is 5.75 Å². The third-order valence-corrected chi connectivity index (χ3v) is 7.26. The maximum Gasteiger partial charge on any atom is 0.253 e. The molecule has 1 fully saturated rings. The van der Waals surface area contributed by atoms with Crippen molar-refractivity contribution in [1.29, 1.82) is 0 Å². The summed E-state index contributed by atoms with van der Waals surface area (Å²) in [5.74, 6) is 1.01. The van der Waals surface area contributed by atoms with Crippen LogP contribution in [0.15, 0.2) is 54.6 Å². The molecular weight excluding hydrogens is 494 g/mol. The van der Waals surface area contributed by atoms with E-state index in [-0.39, 0.29) is 41.9 Å². The minimum atomic E-state index is -0.635. The molecule has 0 spiro atoms. The highest BCUT2D eigenvalue weighted by Crippen LogP contribution is 2.28. The fourth-order valence-corrected chi connectivity index (χ4v) is 5.39. The second-order valence-electron chi connectivity index (χ2n) is 11.9. The van der Waals surface area contributed by atoms with E-state index in [1.54, 1.807) is 29.0 Å². The summed E-state index contributed by atoms with van der Waals surface area (Å²) >= 11 is 0. The molecule has 4 rings (SSSR count). The Morgan fingerprint density at radius 1 is 1.10 bits per heavy atom. The molecule has 0 aliphatic carbocycles. The van der Waals surface area contributed by atoms with E-state index >= 15 is 0 Å². The quantitative estimate of drug-likeness (QED) is 0.585. The fourth-order valence-electron chi connectivity index (χ4n) is 5.39. The number of amides is 3. The number of para-hydroxylation sites is 1. The van der Waals surface area contributed by atoms with E-state index < -0.39 is 6.04 Å². The highest BCUT2D eigenvalue weighted by atomic mass is 16.5. The molecule has 2 aromatic rings. The van der Waals surface area contributed by atoms with Gasteiger partial charge in [0, 0.05) is 39.0 Å². The molecule has 210 valence electrons. The Labute approximate surface area is 231 Å². The Morgan fingerprint density at radius 2 is 1.85 bits per heavy atom. The first-order chi connectivity index (χ1) is 18.5. The van der Waals surface area contributed by atoms with Crippen LogP contribution in [0.4, 0.5) is 0 Å². The molecule has 0 radical (unpaired) electrons. The Kier molecular flexibility index (Phi) is 8.83. The molecule has 0 aromatic heterocycles. The molecule has 2 aliphatic rings. The lowest BCUT2D eigenvalue weighted by Crippen LogP contribution is -2.54. The molecule has 2 heterocycles. The van der Waals surface area contributed by atoms with Crippen molar-refractivity contribution in [3.05, 3.63) is 60.2 Å². The summed E-state index contributed by atoms with van der Waals surface area (Å²) in [6.45, 7) is 9.32. The number of fused-ring (bicyclic) bond motifs is 3. The van der Waals surface area contributed by atoms with E-state index in [1.807, 2.05) is 47.4 Å². The predicted molar refractivity (Wildman–Crippen MR) is 150 cm³/mol. The zero-order valence-electron chi connectivity index (χ0n) is 23.8. The first kappa shape index (κ1) is 28.5. The van der Waals surface area contributed by atoms with Crippen LogP contribution in [0.1, 0.15) is 57.3 Å². The average molecular weight is 536 g/mol. The van der Waals surface area contributed by atoms with Crippen molar-refractivity contribution in [2.45, 2.75) is 65.1 Å². The molecule has 8 nitrogen and oxygen atoms in total. The SMILES string of the molecule is CC(=O)N(CC(C)(C)C)[C@H]1CCCN(C)C(=O)c2cccc(c2)OC[C@@H]2C[C@H](Oc3ccccc3)CN2C1=O. The zero-order chi connectivity index (χ0) is 28.2. The van der Waals surface area contributed by atoms with Gasteiger partial charge in [0.2, 0.25) is 11.8 Å². The second-order valence-corrected chi connectivity index (χ2v) is 11.9. The van der Waals surface area contributed by atoms with Crippen LogP contribution < -0.4 is 9.47 Å². The molecule has 2 aromatic carbocycles. The molecular formula is C31H41N3O5. The summed E-state index contributed by atoms with van der Waals surface area (Å²) in [7, 11) is 1.76. The number of carbonyl (C=O) groups excluding carboxylic acids is 3. The highest BCUT2D eigenvalue weighted by Gasteiger charge is 2.42. The topological polar surface area (TPSA) is 79.4 Å². The summed E-state index contributed by atoms with van der Waals surface area (Å²) < 4.78 is 12.4. The Bertz CT molecular complexity index is 1160. The van der Waals surface area contributed by atoms with Crippen LogP contribution >= 0.6 is 0 Å². The molecule has 2 aliphatic heterocycles. The standard InChI is InChI=1S/C31H41N3O5/c1-22(35)34(21-31(2,3)4)28-15-10-16-32(5)29(36)23-11-9-14-26(17-23)38-20-24-18-27(19-33(24)30(28)37)39-25-12-7-6-8-13-25/h6-9,11-14,17,24,27-28H,10,15-16,18-21H2,1-5H3/t24-,27-,28-/m0/s1. The molecule has 1 saturated heterocycles. The maximum atomic E-state index is 14.3. The van der Waals surface area contributed by atoms with E-state index in [9.17, 15) is 14.4 Å². The molecule has 2 bridgehead atoms. The minimum Gasteiger partial charge on any atom is -0.491 e. The molecule has 0 unspecified atom stereocenters. The Balaban J connectivity index is 1.67. The van der Waals surface area contributed by atoms with Crippen LogP contribution in [0.25, 0.3) is 0 Å².